The molecule has 3 aliphatic rings. The van der Waals surface area contributed by atoms with Gasteiger partial charge in [-0.05, 0) is 70.1 Å². The van der Waals surface area contributed by atoms with Gasteiger partial charge in [0.05, 0.1) is 19.3 Å². The molecule has 0 spiro atoms. The molecule has 2 heterocycles. The van der Waals surface area contributed by atoms with Crippen molar-refractivity contribution in [3.05, 3.63) is 12.2 Å². The van der Waals surface area contributed by atoms with Crippen LogP contribution in [0.15, 0.2) is 12.2 Å². The van der Waals surface area contributed by atoms with Crippen LogP contribution in [0.2, 0.25) is 0 Å². The summed E-state index contributed by atoms with van der Waals surface area (Å²) in [4.78, 5) is 23.7. The van der Waals surface area contributed by atoms with Gasteiger partial charge in [0.15, 0.2) is 12.1 Å². The van der Waals surface area contributed by atoms with Crippen LogP contribution in [0.1, 0.15) is 122 Å². The minimum absolute atomic E-state index is 0.0547. The van der Waals surface area contributed by atoms with E-state index in [-0.39, 0.29) is 36.4 Å². The van der Waals surface area contributed by atoms with Crippen molar-refractivity contribution in [3.8, 4) is 0 Å². The molecule has 0 radical (unpaired) electrons. The molecule has 1 unspecified atom stereocenters. The molecular formula is C31H51O7-. The van der Waals surface area contributed by atoms with Crippen LogP contribution < -0.4 is 5.11 Å². The van der Waals surface area contributed by atoms with E-state index < -0.39 is 11.8 Å². The highest BCUT2D eigenvalue weighted by Gasteiger charge is 2.45. The number of hydrogen-bond donors (Lipinski definition) is 0. The molecule has 3 rings (SSSR count). The zero-order chi connectivity index (χ0) is 27.1. The Kier molecular flexibility index (Phi) is 14.3. The number of rotatable bonds is 19. The molecule has 0 aromatic rings. The van der Waals surface area contributed by atoms with Crippen LogP contribution in [0.25, 0.3) is 0 Å². The molecule has 4 atom stereocenters. The predicted octanol–water partition coefficient (Wildman–Crippen LogP) is 5.63. The fraction of sp³-hybridized carbons (Fsp3) is 0.871. The molecule has 1 saturated carbocycles. The van der Waals surface area contributed by atoms with E-state index in [2.05, 4.69) is 19.1 Å². The molecule has 3 fully saturated rings. The number of aliphatic carboxylic acids is 1. The molecule has 0 bridgehead atoms. The lowest BCUT2D eigenvalue weighted by molar-refractivity contribution is -0.305. The van der Waals surface area contributed by atoms with Gasteiger partial charge in [-0.2, -0.15) is 0 Å². The van der Waals surface area contributed by atoms with Crippen LogP contribution in [-0.2, 0) is 28.5 Å². The van der Waals surface area contributed by atoms with Crippen LogP contribution in [0.4, 0.5) is 0 Å². The van der Waals surface area contributed by atoms with Crippen molar-refractivity contribution in [1.29, 1.82) is 0 Å². The minimum atomic E-state index is -0.978. The summed E-state index contributed by atoms with van der Waals surface area (Å²) in [7, 11) is 0. The maximum atomic E-state index is 13.2. The second-order valence-electron chi connectivity index (χ2n) is 11.4. The van der Waals surface area contributed by atoms with Gasteiger partial charge in [-0.1, -0.05) is 51.2 Å². The molecule has 218 valence electrons. The Labute approximate surface area is 230 Å². The number of carbonyl (C=O) groups excluding carboxylic acids is 2. The summed E-state index contributed by atoms with van der Waals surface area (Å²) in [6.45, 7) is 4.25. The summed E-state index contributed by atoms with van der Waals surface area (Å²) in [5.74, 6) is -1.13. The third kappa shape index (κ3) is 10.7. The SMILES string of the molecule is CCCCCCCC1(CC[C@H]2[C@H](OC3CCCCO3)CC(=O)[C@@H]2C/C=C\CCCCCC(=O)[O-])OCCO1. The molecule has 2 aliphatic heterocycles. The van der Waals surface area contributed by atoms with E-state index in [1.54, 1.807) is 0 Å². The zero-order valence-corrected chi connectivity index (χ0v) is 23.7. The second-order valence-corrected chi connectivity index (χ2v) is 11.4. The molecule has 38 heavy (non-hydrogen) atoms. The molecule has 7 heteroatoms. The van der Waals surface area contributed by atoms with Gasteiger partial charge in [0, 0.05) is 37.8 Å². The van der Waals surface area contributed by atoms with Gasteiger partial charge in [-0.25, -0.2) is 0 Å². The summed E-state index contributed by atoms with van der Waals surface area (Å²) >= 11 is 0. The maximum absolute atomic E-state index is 13.2. The number of ether oxygens (including phenoxy) is 4. The van der Waals surface area contributed by atoms with Gasteiger partial charge in [0.1, 0.15) is 5.78 Å². The Hall–Kier alpha value is -1.28. The van der Waals surface area contributed by atoms with Gasteiger partial charge in [0.25, 0.3) is 0 Å². The normalized spacial score (nSPS) is 27.4. The lowest BCUT2D eigenvalue weighted by atomic mass is 9.85. The first-order valence-corrected chi connectivity index (χ1v) is 15.5. The molecule has 2 saturated heterocycles. The Morgan fingerprint density at radius 3 is 2.53 bits per heavy atom. The number of unbranched alkanes of at least 4 members (excludes halogenated alkanes) is 7. The van der Waals surface area contributed by atoms with Crippen molar-refractivity contribution in [2.75, 3.05) is 19.8 Å². The lowest BCUT2D eigenvalue weighted by Gasteiger charge is -2.33. The summed E-state index contributed by atoms with van der Waals surface area (Å²) in [6.07, 6.45) is 20.4. The first-order chi connectivity index (χ1) is 18.5. The topological polar surface area (TPSA) is 94.1 Å². The van der Waals surface area contributed by atoms with Crippen molar-refractivity contribution in [2.24, 2.45) is 11.8 Å². The van der Waals surface area contributed by atoms with Gasteiger partial charge in [0.2, 0.25) is 0 Å². The molecule has 0 amide bonds. The fourth-order valence-electron chi connectivity index (χ4n) is 6.22. The van der Waals surface area contributed by atoms with Crippen molar-refractivity contribution >= 4 is 11.8 Å². The molecule has 7 nitrogen and oxygen atoms in total. The molecule has 0 aromatic heterocycles. The Balaban J connectivity index is 1.55. The number of carbonyl (C=O) groups is 2. The van der Waals surface area contributed by atoms with Crippen molar-refractivity contribution in [3.63, 3.8) is 0 Å². The highest BCUT2D eigenvalue weighted by molar-refractivity contribution is 5.84. The zero-order valence-electron chi connectivity index (χ0n) is 23.7. The number of carboxylic acid groups (broad SMARTS) is 1. The predicted molar refractivity (Wildman–Crippen MR) is 144 cm³/mol. The number of hydrogen-bond acceptors (Lipinski definition) is 7. The Morgan fingerprint density at radius 2 is 1.79 bits per heavy atom. The average molecular weight is 536 g/mol. The first-order valence-electron chi connectivity index (χ1n) is 15.5. The van der Waals surface area contributed by atoms with E-state index in [4.69, 9.17) is 18.9 Å². The van der Waals surface area contributed by atoms with Crippen LogP contribution in [-0.4, -0.2) is 49.8 Å². The fourth-order valence-corrected chi connectivity index (χ4v) is 6.22. The summed E-state index contributed by atoms with van der Waals surface area (Å²) in [5.41, 5.74) is 0. The Morgan fingerprint density at radius 1 is 1.00 bits per heavy atom. The van der Waals surface area contributed by atoms with Crippen LogP contribution in [0, 0.1) is 11.8 Å². The monoisotopic (exact) mass is 535 g/mol. The highest BCUT2D eigenvalue weighted by Crippen LogP contribution is 2.42. The average Bonchev–Trinajstić information content (AvgIpc) is 3.49. The highest BCUT2D eigenvalue weighted by atomic mass is 16.7. The van der Waals surface area contributed by atoms with Crippen molar-refractivity contribution < 1.29 is 33.6 Å². The van der Waals surface area contributed by atoms with E-state index in [0.29, 0.717) is 26.1 Å². The van der Waals surface area contributed by atoms with E-state index >= 15 is 0 Å². The first kappa shape index (κ1) is 31.3. The quantitative estimate of drug-likeness (QED) is 0.156. The third-order valence-electron chi connectivity index (χ3n) is 8.42. The van der Waals surface area contributed by atoms with Crippen LogP contribution in [0.3, 0.4) is 0 Å². The van der Waals surface area contributed by atoms with Crippen LogP contribution in [0.5, 0.6) is 0 Å². The molecule has 1 aliphatic carbocycles. The number of Topliss-reactive ketones (excluding diaryl/α,β-unsaturated/α-hetero) is 1. The smallest absolute Gasteiger partial charge is 0.168 e. The summed E-state index contributed by atoms with van der Waals surface area (Å²) in [5, 5.41) is 10.6. The van der Waals surface area contributed by atoms with E-state index in [1.165, 1.54) is 25.7 Å². The minimum Gasteiger partial charge on any atom is -0.550 e. The largest absolute Gasteiger partial charge is 0.550 e. The van der Waals surface area contributed by atoms with Crippen molar-refractivity contribution in [2.45, 2.75) is 141 Å². The second kappa shape index (κ2) is 17.4. The summed E-state index contributed by atoms with van der Waals surface area (Å²) in [6, 6.07) is 0. The van der Waals surface area contributed by atoms with E-state index in [0.717, 1.165) is 77.2 Å². The van der Waals surface area contributed by atoms with Gasteiger partial charge in [-0.3, -0.25) is 4.79 Å². The molecule has 0 N–H and O–H groups in total. The van der Waals surface area contributed by atoms with Gasteiger partial charge in [-0.15, -0.1) is 0 Å². The number of allylic oxidation sites excluding steroid dienone is 2. The summed E-state index contributed by atoms with van der Waals surface area (Å²) < 4.78 is 24.7. The third-order valence-corrected chi connectivity index (χ3v) is 8.42. The van der Waals surface area contributed by atoms with Crippen LogP contribution >= 0.6 is 0 Å². The number of carboxylic acids is 1. The standard InChI is InChI=1S/C31H52O7/c1-2-3-4-9-13-19-31(36-22-23-37-31)20-18-26-25(15-10-7-5-6-8-11-16-29(33)34)27(32)24-28(26)38-30-17-12-14-21-35-30/h7,10,25-26,28,30H,2-6,8-9,11-24H2,1H3,(H,33,34)/p-1/b10-7-/t25-,26-,28-,30?/m1/s1. The molecule has 0 aromatic carbocycles. The lowest BCUT2D eigenvalue weighted by Crippen LogP contribution is -2.35. The van der Waals surface area contributed by atoms with Gasteiger partial charge < -0.3 is 28.8 Å². The Bertz CT molecular complexity index is 709. The van der Waals surface area contributed by atoms with E-state index in [9.17, 15) is 14.7 Å². The number of ketones is 1. The maximum Gasteiger partial charge on any atom is 0.168 e. The van der Waals surface area contributed by atoms with E-state index in [1.807, 2.05) is 0 Å². The van der Waals surface area contributed by atoms with Gasteiger partial charge >= 0.3 is 0 Å². The van der Waals surface area contributed by atoms with Crippen molar-refractivity contribution in [1.82, 2.24) is 0 Å². The molecular weight excluding hydrogens is 484 g/mol.